The van der Waals surface area contributed by atoms with E-state index < -0.39 is 17.2 Å². The van der Waals surface area contributed by atoms with Gasteiger partial charge in [0.15, 0.2) is 0 Å². The van der Waals surface area contributed by atoms with Crippen molar-refractivity contribution in [2.75, 3.05) is 18.0 Å². The Hall–Kier alpha value is -2.41. The minimum absolute atomic E-state index is 0.140. The van der Waals surface area contributed by atoms with Crippen LogP contribution < -0.4 is 16.1 Å². The molecule has 1 aromatic heterocycles. The molecule has 1 atom stereocenters. The quantitative estimate of drug-likeness (QED) is 0.865. The molecule has 1 spiro atoms. The molecule has 6 nitrogen and oxygen atoms in total. The van der Waals surface area contributed by atoms with Crippen LogP contribution in [0.15, 0.2) is 23.1 Å². The highest BCUT2D eigenvalue weighted by molar-refractivity contribution is 5.93. The molecule has 3 N–H and O–H groups in total. The van der Waals surface area contributed by atoms with Gasteiger partial charge in [0.05, 0.1) is 11.2 Å². The van der Waals surface area contributed by atoms with E-state index in [2.05, 4.69) is 0 Å². The first-order chi connectivity index (χ1) is 12.9. The van der Waals surface area contributed by atoms with Crippen molar-refractivity contribution in [2.24, 2.45) is 11.1 Å². The lowest BCUT2D eigenvalue weighted by molar-refractivity contribution is 0.0695. The van der Waals surface area contributed by atoms with Crippen LogP contribution in [0.1, 0.15) is 48.5 Å². The number of nitrogens with two attached hydrogens (primary N) is 1. The van der Waals surface area contributed by atoms with Crippen LogP contribution >= 0.6 is 0 Å². The van der Waals surface area contributed by atoms with Crippen LogP contribution in [-0.4, -0.2) is 34.8 Å². The second-order valence-corrected chi connectivity index (χ2v) is 8.30. The number of hydrogen-bond donors (Lipinski definition) is 2. The smallest absolute Gasteiger partial charge is 0.341 e. The molecule has 0 radical (unpaired) electrons. The molecule has 5 rings (SSSR count). The molecule has 1 saturated heterocycles. The summed E-state index contributed by atoms with van der Waals surface area (Å²) in [5, 5.41) is 9.47. The van der Waals surface area contributed by atoms with Crippen molar-refractivity contribution in [1.29, 1.82) is 0 Å². The number of fused-ring (bicyclic) bond motifs is 1. The normalized spacial score (nSPS) is 23.8. The number of rotatable bonds is 3. The van der Waals surface area contributed by atoms with Gasteiger partial charge in [0.25, 0.3) is 0 Å². The zero-order valence-electron chi connectivity index (χ0n) is 14.9. The highest BCUT2D eigenvalue weighted by Crippen LogP contribution is 2.53. The maximum atomic E-state index is 14.9. The molecule has 1 aliphatic heterocycles. The molecule has 2 aromatic rings. The summed E-state index contributed by atoms with van der Waals surface area (Å²) in [6.45, 7) is 1.49. The van der Waals surface area contributed by atoms with E-state index in [1.54, 1.807) is 6.07 Å². The van der Waals surface area contributed by atoms with Crippen LogP contribution in [0.5, 0.6) is 0 Å². The fraction of sp³-hybridized carbons (Fsp3) is 0.500. The molecule has 142 valence electrons. The second kappa shape index (κ2) is 5.55. The minimum atomic E-state index is -1.28. The molecule has 27 heavy (non-hydrogen) atoms. The van der Waals surface area contributed by atoms with Gasteiger partial charge in [0.1, 0.15) is 11.4 Å². The molecule has 1 unspecified atom stereocenters. The monoisotopic (exact) mass is 371 g/mol. The Bertz CT molecular complexity index is 1020. The van der Waals surface area contributed by atoms with Crippen molar-refractivity contribution < 1.29 is 14.3 Å². The predicted molar refractivity (Wildman–Crippen MR) is 99.9 cm³/mol. The fourth-order valence-electron chi connectivity index (χ4n) is 4.56. The van der Waals surface area contributed by atoms with Gasteiger partial charge in [-0.3, -0.25) is 4.79 Å². The van der Waals surface area contributed by atoms with Crippen LogP contribution in [0.25, 0.3) is 10.9 Å². The van der Waals surface area contributed by atoms with E-state index in [1.165, 1.54) is 12.3 Å². The Balaban J connectivity index is 1.60. The predicted octanol–water partition coefficient (Wildman–Crippen LogP) is 2.49. The number of pyridine rings is 1. The van der Waals surface area contributed by atoms with Crippen molar-refractivity contribution in [3.8, 4) is 0 Å². The van der Waals surface area contributed by atoms with Gasteiger partial charge in [-0.05, 0) is 49.7 Å². The summed E-state index contributed by atoms with van der Waals surface area (Å²) in [5.74, 6) is -1.75. The van der Waals surface area contributed by atoms with E-state index in [1.807, 2.05) is 9.47 Å². The van der Waals surface area contributed by atoms with Gasteiger partial charge in [-0.25, -0.2) is 9.18 Å². The third-order valence-electron chi connectivity index (χ3n) is 6.62. The van der Waals surface area contributed by atoms with Crippen LogP contribution in [0.4, 0.5) is 10.1 Å². The number of hydrogen-bond acceptors (Lipinski definition) is 4. The van der Waals surface area contributed by atoms with E-state index in [0.29, 0.717) is 11.2 Å². The molecular weight excluding hydrogens is 349 g/mol. The summed E-state index contributed by atoms with van der Waals surface area (Å²) in [6.07, 6.45) is 6.26. The molecular formula is C20H22FN3O3. The maximum absolute atomic E-state index is 14.9. The number of aromatic nitrogens is 1. The third-order valence-corrected chi connectivity index (χ3v) is 6.62. The van der Waals surface area contributed by atoms with Crippen molar-refractivity contribution >= 4 is 22.6 Å². The van der Waals surface area contributed by atoms with E-state index in [0.717, 1.165) is 45.2 Å². The number of aromatic carboxylic acids is 1. The Labute approximate surface area is 155 Å². The summed E-state index contributed by atoms with van der Waals surface area (Å²) >= 11 is 0. The summed E-state index contributed by atoms with van der Waals surface area (Å²) in [4.78, 5) is 26.0. The number of halogens is 1. The van der Waals surface area contributed by atoms with Crippen molar-refractivity contribution in [2.45, 2.75) is 44.2 Å². The van der Waals surface area contributed by atoms with Gasteiger partial charge in [0, 0.05) is 36.8 Å². The molecule has 2 aliphatic carbocycles. The van der Waals surface area contributed by atoms with E-state index in [-0.39, 0.29) is 28.4 Å². The second-order valence-electron chi connectivity index (χ2n) is 8.30. The molecule has 0 bridgehead atoms. The molecule has 2 heterocycles. The zero-order valence-corrected chi connectivity index (χ0v) is 14.9. The standard InChI is InChI=1S/C20H22FN3O3/c21-14-7-12-15(24(11-1-2-11)10-13(18(12)25)19(26)27)8-16(14)23-5-3-20(4-6-23)9-17(20)22/h7-8,10-11,17H,1-6,9,22H2,(H,26,27). The average molecular weight is 371 g/mol. The van der Waals surface area contributed by atoms with Crippen LogP contribution in [0.2, 0.25) is 0 Å². The topological polar surface area (TPSA) is 88.6 Å². The molecule has 0 amide bonds. The summed E-state index contributed by atoms with van der Waals surface area (Å²) in [7, 11) is 0. The number of piperidine rings is 1. The molecule has 1 aromatic carbocycles. The number of anilines is 1. The van der Waals surface area contributed by atoms with E-state index in [4.69, 9.17) is 5.73 Å². The Morgan fingerprint density at radius 1 is 1.26 bits per heavy atom. The average Bonchev–Trinajstić information content (AvgIpc) is 3.55. The largest absolute Gasteiger partial charge is 0.477 e. The number of benzene rings is 1. The van der Waals surface area contributed by atoms with Gasteiger partial charge < -0.3 is 20.3 Å². The minimum Gasteiger partial charge on any atom is -0.477 e. The highest BCUT2D eigenvalue weighted by atomic mass is 19.1. The molecule has 7 heteroatoms. The van der Waals surface area contributed by atoms with Gasteiger partial charge in [-0.1, -0.05) is 0 Å². The summed E-state index contributed by atoms with van der Waals surface area (Å²) in [6, 6.07) is 3.39. The Morgan fingerprint density at radius 3 is 2.48 bits per heavy atom. The van der Waals surface area contributed by atoms with Crippen LogP contribution in [0.3, 0.4) is 0 Å². The summed E-state index contributed by atoms with van der Waals surface area (Å²) in [5.41, 5.74) is 6.49. The Morgan fingerprint density at radius 2 is 1.93 bits per heavy atom. The number of carbonyl (C=O) groups is 1. The van der Waals surface area contributed by atoms with Gasteiger partial charge in [0.2, 0.25) is 5.43 Å². The van der Waals surface area contributed by atoms with Crippen LogP contribution in [0, 0.1) is 11.2 Å². The van der Waals surface area contributed by atoms with Gasteiger partial charge >= 0.3 is 5.97 Å². The number of carboxylic acid groups (broad SMARTS) is 1. The van der Waals surface area contributed by atoms with Crippen molar-refractivity contribution in [1.82, 2.24) is 4.57 Å². The SMILES string of the molecule is NC1CC12CCN(c1cc3c(cc1F)c(=O)c(C(=O)O)cn3C1CC1)CC2. The van der Waals surface area contributed by atoms with E-state index in [9.17, 15) is 19.1 Å². The first-order valence-corrected chi connectivity index (χ1v) is 9.52. The summed E-state index contributed by atoms with van der Waals surface area (Å²) < 4.78 is 16.7. The lowest BCUT2D eigenvalue weighted by atomic mass is 9.92. The van der Waals surface area contributed by atoms with Crippen molar-refractivity contribution in [3.63, 3.8) is 0 Å². The maximum Gasteiger partial charge on any atom is 0.341 e. The van der Waals surface area contributed by atoms with Crippen LogP contribution in [-0.2, 0) is 0 Å². The fourth-order valence-corrected chi connectivity index (χ4v) is 4.56. The lowest BCUT2D eigenvalue weighted by Crippen LogP contribution is -2.37. The third kappa shape index (κ3) is 2.56. The van der Waals surface area contributed by atoms with Gasteiger partial charge in [-0.15, -0.1) is 0 Å². The molecule has 3 aliphatic rings. The molecule has 2 saturated carbocycles. The first-order valence-electron chi connectivity index (χ1n) is 9.52. The lowest BCUT2D eigenvalue weighted by Gasteiger charge is -2.34. The highest BCUT2D eigenvalue weighted by Gasteiger charge is 2.52. The van der Waals surface area contributed by atoms with Crippen molar-refractivity contribution in [3.05, 3.63) is 39.9 Å². The Kier molecular flexibility index (Phi) is 3.44. The zero-order chi connectivity index (χ0) is 18.9. The first kappa shape index (κ1) is 16.7. The molecule has 3 fully saturated rings. The van der Waals surface area contributed by atoms with Gasteiger partial charge in [-0.2, -0.15) is 0 Å². The number of nitrogens with zero attached hydrogens (tertiary/aromatic N) is 2. The van der Waals surface area contributed by atoms with E-state index >= 15 is 0 Å². The number of carboxylic acids is 1.